The molecule has 0 aliphatic carbocycles. The molecule has 0 radical (unpaired) electrons. The standard InChI is InChI=1S/C10H17N.C5H5.Fe/c1-4-11(2,3)9-10-7-5-6-8-10;1-2-4-5-3-1;/h5-8H,4,9H2,1-3H3;1-5H;/q;-1;+2. The molecule has 0 bridgehead atoms. The molecule has 0 aliphatic rings. The van der Waals surface area contributed by atoms with E-state index in [1.165, 1.54) is 12.1 Å². The maximum Gasteiger partial charge on any atom is 2.00 e. The molecular weight excluding hydrogens is 250 g/mol. The van der Waals surface area contributed by atoms with Crippen LogP contribution in [0.1, 0.15) is 12.5 Å². The van der Waals surface area contributed by atoms with Gasteiger partial charge in [-0.25, -0.2) is 24.3 Å². The quantitative estimate of drug-likeness (QED) is 0.456. The van der Waals surface area contributed by atoms with Crippen LogP contribution in [0.5, 0.6) is 0 Å². The molecule has 0 aliphatic heterocycles. The van der Waals surface area contributed by atoms with E-state index in [1.807, 2.05) is 30.3 Å². The predicted octanol–water partition coefficient (Wildman–Crippen LogP) is 3.40. The Morgan fingerprint density at radius 2 is 1.71 bits per heavy atom. The Hall–Kier alpha value is -0.821. The summed E-state index contributed by atoms with van der Waals surface area (Å²) in [6.07, 6.45) is 0. The third kappa shape index (κ3) is 7.17. The minimum Gasteiger partial charge on any atom is -0.327 e. The topological polar surface area (TPSA) is 0 Å². The van der Waals surface area contributed by atoms with E-state index in [0.29, 0.717) is 0 Å². The van der Waals surface area contributed by atoms with Gasteiger partial charge in [-0.1, -0.05) is 0 Å². The van der Waals surface area contributed by atoms with Crippen molar-refractivity contribution in [2.75, 3.05) is 20.6 Å². The zero-order chi connectivity index (χ0) is 11.9. The van der Waals surface area contributed by atoms with Crippen molar-refractivity contribution in [3.05, 3.63) is 60.2 Å². The molecule has 94 valence electrons. The molecular formula is C15H22FeN+. The Morgan fingerprint density at radius 1 is 1.06 bits per heavy atom. The first-order valence-electron chi connectivity index (χ1n) is 5.83. The summed E-state index contributed by atoms with van der Waals surface area (Å²) in [5, 5.41) is 0. The fourth-order valence-electron chi connectivity index (χ4n) is 1.45. The van der Waals surface area contributed by atoms with E-state index in [9.17, 15) is 0 Å². The van der Waals surface area contributed by atoms with Gasteiger partial charge in [0, 0.05) is 0 Å². The fourth-order valence-corrected chi connectivity index (χ4v) is 1.45. The van der Waals surface area contributed by atoms with Crippen LogP contribution in [0.15, 0.2) is 54.6 Å². The van der Waals surface area contributed by atoms with Gasteiger partial charge in [0.15, 0.2) is 0 Å². The van der Waals surface area contributed by atoms with E-state index < -0.39 is 0 Å². The van der Waals surface area contributed by atoms with Crippen LogP contribution in [0.4, 0.5) is 0 Å². The van der Waals surface area contributed by atoms with Crippen LogP contribution in [0, 0.1) is 0 Å². The van der Waals surface area contributed by atoms with E-state index in [0.717, 1.165) is 11.0 Å². The zero-order valence-electron chi connectivity index (χ0n) is 10.9. The second-order valence-corrected chi connectivity index (χ2v) is 4.67. The van der Waals surface area contributed by atoms with E-state index in [2.05, 4.69) is 45.3 Å². The molecule has 2 heteroatoms. The number of hydrogen-bond donors (Lipinski definition) is 0. The number of hydrogen-bond acceptors (Lipinski definition) is 0. The first-order chi connectivity index (χ1) is 7.64. The number of nitrogens with zero attached hydrogens (tertiary/aromatic N) is 1. The van der Waals surface area contributed by atoms with Crippen LogP contribution in [-0.4, -0.2) is 25.1 Å². The number of quaternary nitrogens is 1. The first-order valence-corrected chi connectivity index (χ1v) is 5.83. The Bertz CT molecular complexity index is 329. The molecule has 0 aromatic heterocycles. The zero-order valence-corrected chi connectivity index (χ0v) is 12.0. The first kappa shape index (κ1) is 16.2. The molecule has 0 spiro atoms. The Balaban J connectivity index is 0.000000360. The van der Waals surface area contributed by atoms with Crippen molar-refractivity contribution in [2.24, 2.45) is 0 Å². The summed E-state index contributed by atoms with van der Waals surface area (Å²) in [7, 11) is 4.51. The van der Waals surface area contributed by atoms with Crippen molar-refractivity contribution in [1.82, 2.24) is 0 Å². The summed E-state index contributed by atoms with van der Waals surface area (Å²) in [6.45, 7) is 4.55. The van der Waals surface area contributed by atoms with Gasteiger partial charge in [0.05, 0.1) is 27.2 Å². The molecule has 2 aromatic rings. The average molecular weight is 272 g/mol. The van der Waals surface area contributed by atoms with E-state index in [4.69, 9.17) is 0 Å². The molecule has 0 N–H and O–H groups in total. The van der Waals surface area contributed by atoms with Crippen LogP contribution in [-0.2, 0) is 23.6 Å². The molecule has 2 rings (SSSR count). The SMILES string of the molecule is CC[N+](C)(C)Cc1ccc[cH-]1.[Fe+2].c1cc[cH-]c1. The summed E-state index contributed by atoms with van der Waals surface area (Å²) in [6, 6.07) is 18.6. The summed E-state index contributed by atoms with van der Waals surface area (Å²) in [5.41, 5.74) is 1.44. The van der Waals surface area contributed by atoms with Gasteiger partial charge in [-0.3, -0.25) is 0 Å². The summed E-state index contributed by atoms with van der Waals surface area (Å²) >= 11 is 0. The van der Waals surface area contributed by atoms with Gasteiger partial charge in [0.25, 0.3) is 0 Å². The van der Waals surface area contributed by atoms with Crippen LogP contribution in [0.3, 0.4) is 0 Å². The molecule has 0 amide bonds. The third-order valence-electron chi connectivity index (χ3n) is 2.75. The minimum atomic E-state index is 0. The maximum absolute atomic E-state index is 2.26. The monoisotopic (exact) mass is 272 g/mol. The van der Waals surface area contributed by atoms with Crippen LogP contribution in [0.2, 0.25) is 0 Å². The molecule has 2 aromatic carbocycles. The second kappa shape index (κ2) is 8.30. The summed E-state index contributed by atoms with van der Waals surface area (Å²) in [4.78, 5) is 0. The van der Waals surface area contributed by atoms with E-state index in [-0.39, 0.29) is 17.1 Å². The molecule has 0 atom stereocenters. The van der Waals surface area contributed by atoms with Gasteiger partial charge in [0.2, 0.25) is 0 Å². The van der Waals surface area contributed by atoms with Gasteiger partial charge in [-0.15, -0.1) is 5.56 Å². The fraction of sp³-hybridized carbons (Fsp3) is 0.333. The molecule has 0 saturated heterocycles. The molecule has 0 heterocycles. The van der Waals surface area contributed by atoms with Gasteiger partial charge >= 0.3 is 17.1 Å². The maximum atomic E-state index is 2.26. The Labute approximate surface area is 116 Å². The van der Waals surface area contributed by atoms with Crippen LogP contribution >= 0.6 is 0 Å². The average Bonchev–Trinajstić information content (AvgIpc) is 2.91. The van der Waals surface area contributed by atoms with E-state index in [1.54, 1.807) is 0 Å². The van der Waals surface area contributed by atoms with Crippen molar-refractivity contribution >= 4 is 0 Å². The molecule has 1 nitrogen and oxygen atoms in total. The molecule has 0 unspecified atom stereocenters. The summed E-state index contributed by atoms with van der Waals surface area (Å²) in [5.74, 6) is 0. The van der Waals surface area contributed by atoms with Gasteiger partial charge < -0.3 is 4.48 Å². The second-order valence-electron chi connectivity index (χ2n) is 4.67. The number of rotatable bonds is 3. The normalized spacial score (nSPS) is 10.1. The molecule has 0 fully saturated rings. The molecule has 17 heavy (non-hydrogen) atoms. The van der Waals surface area contributed by atoms with Crippen molar-refractivity contribution < 1.29 is 21.6 Å². The Kier molecular flexibility index (Phi) is 7.90. The van der Waals surface area contributed by atoms with Crippen LogP contribution in [0.25, 0.3) is 0 Å². The van der Waals surface area contributed by atoms with Crippen molar-refractivity contribution in [3.63, 3.8) is 0 Å². The largest absolute Gasteiger partial charge is 2.00 e. The van der Waals surface area contributed by atoms with Gasteiger partial charge in [0.1, 0.15) is 0 Å². The van der Waals surface area contributed by atoms with Gasteiger partial charge in [-0.05, 0) is 6.92 Å². The van der Waals surface area contributed by atoms with Crippen molar-refractivity contribution in [1.29, 1.82) is 0 Å². The van der Waals surface area contributed by atoms with Crippen molar-refractivity contribution in [2.45, 2.75) is 13.5 Å². The van der Waals surface area contributed by atoms with Gasteiger partial charge in [-0.2, -0.15) is 30.3 Å². The van der Waals surface area contributed by atoms with Crippen molar-refractivity contribution in [3.8, 4) is 0 Å². The smallest absolute Gasteiger partial charge is 0.327 e. The molecule has 0 saturated carbocycles. The minimum absolute atomic E-state index is 0. The Morgan fingerprint density at radius 3 is 2.06 bits per heavy atom. The van der Waals surface area contributed by atoms with Crippen LogP contribution < -0.4 is 0 Å². The van der Waals surface area contributed by atoms with E-state index >= 15 is 0 Å². The predicted molar refractivity (Wildman–Crippen MR) is 70.4 cm³/mol. The third-order valence-corrected chi connectivity index (χ3v) is 2.75. The summed E-state index contributed by atoms with van der Waals surface area (Å²) < 4.78 is 1.07.